The highest BCUT2D eigenvalue weighted by molar-refractivity contribution is 7.89. The highest BCUT2D eigenvalue weighted by atomic mass is 35.5. The first kappa shape index (κ1) is 14.9. The van der Waals surface area contributed by atoms with E-state index < -0.39 is 15.9 Å². The van der Waals surface area contributed by atoms with Gasteiger partial charge in [0.1, 0.15) is 5.69 Å². The average molecular weight is 334 g/mol. The summed E-state index contributed by atoms with van der Waals surface area (Å²) in [6, 6.07) is 5.46. The molecule has 0 aliphatic rings. The van der Waals surface area contributed by atoms with E-state index >= 15 is 0 Å². The number of anilines is 1. The highest BCUT2D eigenvalue weighted by Crippen LogP contribution is 2.33. The van der Waals surface area contributed by atoms with Gasteiger partial charge in [-0.3, -0.25) is 4.79 Å². The van der Waals surface area contributed by atoms with Crippen LogP contribution in [-0.2, 0) is 10.0 Å². The number of hydrogen-bond donors (Lipinski definition) is 3. The lowest BCUT2D eigenvalue weighted by Gasteiger charge is -2.10. The first-order valence-corrected chi connectivity index (χ1v) is 7.56. The maximum Gasteiger partial charge on any atom is 0.272 e. The zero-order valence-corrected chi connectivity index (χ0v) is 12.2. The number of carbonyl (C=O) groups is 1. The third-order valence-corrected chi connectivity index (χ3v) is 3.91. The number of aromatic amines is 1. The maximum atomic E-state index is 11.9. The lowest BCUT2D eigenvalue weighted by Crippen LogP contribution is -2.15. The van der Waals surface area contributed by atoms with Gasteiger partial charge in [0.2, 0.25) is 10.0 Å². The molecule has 6 nitrogen and oxygen atoms in total. The Hall–Kier alpha value is -1.54. The second kappa shape index (κ2) is 5.45. The minimum atomic E-state index is -3.92. The molecule has 0 saturated heterocycles. The number of halogens is 2. The number of rotatable bonds is 3. The van der Waals surface area contributed by atoms with Gasteiger partial charge in [0.15, 0.2) is 0 Å². The van der Waals surface area contributed by atoms with E-state index in [1.54, 1.807) is 18.3 Å². The minimum absolute atomic E-state index is 0.0265. The van der Waals surface area contributed by atoms with Crippen LogP contribution in [0.3, 0.4) is 0 Å². The summed E-state index contributed by atoms with van der Waals surface area (Å²) in [6.45, 7) is 0. The van der Waals surface area contributed by atoms with Gasteiger partial charge in [0.25, 0.3) is 5.91 Å². The molecule has 2 rings (SSSR count). The predicted octanol–water partition coefficient (Wildman–Crippen LogP) is 2.22. The highest BCUT2D eigenvalue weighted by Gasteiger charge is 2.17. The van der Waals surface area contributed by atoms with E-state index in [1.165, 1.54) is 0 Å². The Labute approximate surface area is 124 Å². The largest absolute Gasteiger partial charge is 0.357 e. The van der Waals surface area contributed by atoms with E-state index in [2.05, 4.69) is 10.3 Å². The van der Waals surface area contributed by atoms with Crippen molar-refractivity contribution in [2.75, 3.05) is 5.32 Å². The Morgan fingerprint density at radius 1 is 1.25 bits per heavy atom. The number of primary sulfonamides is 1. The first-order valence-electron chi connectivity index (χ1n) is 5.25. The molecule has 0 aliphatic heterocycles. The van der Waals surface area contributed by atoms with Crippen molar-refractivity contribution in [3.8, 4) is 0 Å². The molecule has 0 atom stereocenters. The monoisotopic (exact) mass is 333 g/mol. The topological polar surface area (TPSA) is 105 Å². The van der Waals surface area contributed by atoms with Crippen molar-refractivity contribution in [3.05, 3.63) is 46.2 Å². The molecule has 1 amide bonds. The average Bonchev–Trinajstić information content (AvgIpc) is 2.85. The van der Waals surface area contributed by atoms with E-state index in [-0.39, 0.29) is 20.6 Å². The molecule has 0 spiro atoms. The van der Waals surface area contributed by atoms with Crippen LogP contribution < -0.4 is 10.5 Å². The van der Waals surface area contributed by atoms with E-state index in [1.807, 2.05) is 0 Å². The lowest BCUT2D eigenvalue weighted by atomic mass is 10.3. The predicted molar refractivity (Wildman–Crippen MR) is 76.6 cm³/mol. The van der Waals surface area contributed by atoms with Crippen molar-refractivity contribution in [1.82, 2.24) is 4.98 Å². The standard InChI is InChI=1S/C11H9Cl2N3O3S/c12-7-4-6(20(14,18)19)5-8(13)10(7)16-11(17)9-2-1-3-15-9/h1-5,15H,(H,16,17)(H2,14,18,19). The van der Waals surface area contributed by atoms with Gasteiger partial charge in [0, 0.05) is 6.20 Å². The molecule has 106 valence electrons. The van der Waals surface area contributed by atoms with Crippen LogP contribution in [0.25, 0.3) is 0 Å². The van der Waals surface area contributed by atoms with Crippen LogP contribution in [0.1, 0.15) is 10.5 Å². The van der Waals surface area contributed by atoms with E-state index in [4.69, 9.17) is 28.3 Å². The normalized spacial score (nSPS) is 11.3. The summed E-state index contributed by atoms with van der Waals surface area (Å²) in [5.74, 6) is -0.456. The molecule has 1 aromatic carbocycles. The summed E-state index contributed by atoms with van der Waals surface area (Å²) in [5.41, 5.74) is 0.424. The number of nitrogens with two attached hydrogens (primary N) is 1. The van der Waals surface area contributed by atoms with Crippen LogP contribution in [0.15, 0.2) is 35.4 Å². The van der Waals surface area contributed by atoms with Crippen LogP contribution in [-0.4, -0.2) is 19.3 Å². The molecule has 0 bridgehead atoms. The van der Waals surface area contributed by atoms with E-state index in [9.17, 15) is 13.2 Å². The van der Waals surface area contributed by atoms with Gasteiger partial charge in [-0.05, 0) is 24.3 Å². The zero-order chi connectivity index (χ0) is 14.9. The number of benzene rings is 1. The van der Waals surface area contributed by atoms with Crippen LogP contribution in [0.5, 0.6) is 0 Å². The summed E-state index contributed by atoms with van der Waals surface area (Å²) in [7, 11) is -3.92. The minimum Gasteiger partial charge on any atom is -0.357 e. The van der Waals surface area contributed by atoms with Gasteiger partial charge in [-0.2, -0.15) is 0 Å². The SMILES string of the molecule is NS(=O)(=O)c1cc(Cl)c(NC(=O)c2ccc[nH]2)c(Cl)c1. The fourth-order valence-corrected chi connectivity index (χ4v) is 2.76. The molecule has 2 aromatic rings. The van der Waals surface area contributed by atoms with E-state index in [0.29, 0.717) is 5.69 Å². The number of hydrogen-bond acceptors (Lipinski definition) is 3. The molecule has 0 saturated carbocycles. The molecule has 0 aliphatic carbocycles. The number of nitrogens with one attached hydrogen (secondary N) is 2. The molecule has 1 aromatic heterocycles. The number of sulfonamides is 1. The van der Waals surface area contributed by atoms with Crippen molar-refractivity contribution in [1.29, 1.82) is 0 Å². The van der Waals surface area contributed by atoms with Crippen molar-refractivity contribution >= 4 is 44.8 Å². The van der Waals surface area contributed by atoms with Crippen molar-refractivity contribution in [3.63, 3.8) is 0 Å². The molecule has 0 unspecified atom stereocenters. The molecule has 0 fully saturated rings. The van der Waals surface area contributed by atoms with E-state index in [0.717, 1.165) is 12.1 Å². The van der Waals surface area contributed by atoms with Gasteiger partial charge in [-0.25, -0.2) is 13.6 Å². The summed E-state index contributed by atoms with van der Waals surface area (Å²) >= 11 is 11.8. The third-order valence-electron chi connectivity index (χ3n) is 2.43. The van der Waals surface area contributed by atoms with Crippen molar-refractivity contribution in [2.24, 2.45) is 5.14 Å². The third kappa shape index (κ3) is 3.13. The molecular formula is C11H9Cl2N3O3S. The quantitative estimate of drug-likeness (QED) is 0.801. The molecule has 4 N–H and O–H groups in total. The lowest BCUT2D eigenvalue weighted by molar-refractivity contribution is 0.102. The molecule has 20 heavy (non-hydrogen) atoms. The van der Waals surface area contributed by atoms with Gasteiger partial charge < -0.3 is 10.3 Å². The van der Waals surface area contributed by atoms with Gasteiger partial charge >= 0.3 is 0 Å². The number of amides is 1. The smallest absolute Gasteiger partial charge is 0.272 e. The molecule has 0 radical (unpaired) electrons. The summed E-state index contributed by atoms with van der Waals surface area (Å²) in [5, 5.41) is 7.42. The van der Waals surface area contributed by atoms with Crippen LogP contribution in [0.2, 0.25) is 10.0 Å². The molecule has 9 heteroatoms. The Morgan fingerprint density at radius 2 is 1.85 bits per heavy atom. The Kier molecular flexibility index (Phi) is 4.05. The second-order valence-electron chi connectivity index (χ2n) is 3.84. The number of H-pyrrole nitrogens is 1. The zero-order valence-electron chi connectivity index (χ0n) is 9.85. The summed E-state index contributed by atoms with van der Waals surface area (Å²) < 4.78 is 22.5. The van der Waals surface area contributed by atoms with Gasteiger partial charge in [-0.1, -0.05) is 23.2 Å². The van der Waals surface area contributed by atoms with Crippen molar-refractivity contribution in [2.45, 2.75) is 4.90 Å². The Balaban J connectivity index is 2.37. The fourth-order valence-electron chi connectivity index (χ4n) is 1.49. The maximum absolute atomic E-state index is 11.9. The van der Waals surface area contributed by atoms with Crippen LogP contribution in [0, 0.1) is 0 Å². The van der Waals surface area contributed by atoms with Crippen LogP contribution in [0.4, 0.5) is 5.69 Å². The second-order valence-corrected chi connectivity index (χ2v) is 6.22. The first-order chi connectivity index (χ1) is 9.29. The van der Waals surface area contributed by atoms with Crippen LogP contribution >= 0.6 is 23.2 Å². The summed E-state index contributed by atoms with van der Waals surface area (Å²) in [4.78, 5) is 14.3. The Morgan fingerprint density at radius 3 is 2.30 bits per heavy atom. The van der Waals surface area contributed by atoms with Crippen molar-refractivity contribution < 1.29 is 13.2 Å². The number of aromatic nitrogens is 1. The van der Waals surface area contributed by atoms with Gasteiger partial charge in [0.05, 0.1) is 20.6 Å². The van der Waals surface area contributed by atoms with Gasteiger partial charge in [-0.15, -0.1) is 0 Å². The summed E-state index contributed by atoms with van der Waals surface area (Å²) in [6.07, 6.45) is 1.59. The Bertz CT molecular complexity index is 734. The molecule has 1 heterocycles. The molecular weight excluding hydrogens is 325 g/mol. The fraction of sp³-hybridized carbons (Fsp3) is 0. The number of carbonyl (C=O) groups excluding carboxylic acids is 1.